The summed E-state index contributed by atoms with van der Waals surface area (Å²) in [4.78, 5) is 63.8. The zero-order valence-electron chi connectivity index (χ0n) is 22.1. The van der Waals surface area contributed by atoms with Crippen LogP contribution in [-0.4, -0.2) is 44.8 Å². The van der Waals surface area contributed by atoms with E-state index in [1.165, 1.54) is 25.1 Å². The Labute approximate surface area is 230 Å². The minimum absolute atomic E-state index is 0.0422. The van der Waals surface area contributed by atoms with Crippen molar-refractivity contribution in [2.24, 2.45) is 23.5 Å². The third-order valence-corrected chi connectivity index (χ3v) is 7.43. The summed E-state index contributed by atoms with van der Waals surface area (Å²) in [6.45, 7) is 3.28. The Kier molecular flexibility index (Phi) is 8.24. The Morgan fingerprint density at radius 2 is 1.62 bits per heavy atom. The number of benzene rings is 3. The van der Waals surface area contributed by atoms with Crippen LogP contribution >= 0.6 is 0 Å². The third-order valence-electron chi connectivity index (χ3n) is 7.43. The van der Waals surface area contributed by atoms with Gasteiger partial charge in [-0.05, 0) is 34.9 Å². The second-order valence-corrected chi connectivity index (χ2v) is 9.98. The SMILES string of the molecule is CCC[C@H](C(=O)NCc1cccc([N+](=O)[O-])c1)[C@H](C(=O)O)C(C)C(N)N1C(=O)c2cc3ccccc3cc2C1=O. The molecule has 0 aliphatic carbocycles. The fraction of sp³-hybridized carbons (Fsp3) is 0.310. The van der Waals surface area contributed by atoms with Gasteiger partial charge in [-0.15, -0.1) is 0 Å². The van der Waals surface area contributed by atoms with E-state index in [4.69, 9.17) is 5.73 Å². The zero-order chi connectivity index (χ0) is 29.1. The second kappa shape index (κ2) is 11.6. The van der Waals surface area contributed by atoms with Crippen LogP contribution in [0.3, 0.4) is 0 Å². The summed E-state index contributed by atoms with van der Waals surface area (Å²) in [6, 6.07) is 16.3. The molecular formula is C29H30N4O7. The fourth-order valence-corrected chi connectivity index (χ4v) is 5.31. The Morgan fingerprint density at radius 3 is 2.15 bits per heavy atom. The van der Waals surface area contributed by atoms with Crippen LogP contribution in [0.5, 0.6) is 0 Å². The van der Waals surface area contributed by atoms with Crippen molar-refractivity contribution in [3.05, 3.63) is 87.5 Å². The Morgan fingerprint density at radius 1 is 1.02 bits per heavy atom. The van der Waals surface area contributed by atoms with Gasteiger partial charge in [-0.25, -0.2) is 0 Å². The van der Waals surface area contributed by atoms with Crippen LogP contribution in [0.1, 0.15) is 53.0 Å². The van der Waals surface area contributed by atoms with E-state index >= 15 is 0 Å². The highest BCUT2D eigenvalue weighted by Crippen LogP contribution is 2.34. The molecule has 0 saturated carbocycles. The lowest BCUT2D eigenvalue weighted by atomic mass is 9.77. The highest BCUT2D eigenvalue weighted by atomic mass is 16.6. The molecule has 1 heterocycles. The van der Waals surface area contributed by atoms with E-state index < -0.39 is 52.5 Å². The first-order chi connectivity index (χ1) is 19.0. The van der Waals surface area contributed by atoms with E-state index in [-0.39, 0.29) is 29.8 Å². The first-order valence-electron chi connectivity index (χ1n) is 12.9. The maximum absolute atomic E-state index is 13.3. The number of carbonyl (C=O) groups is 4. The molecule has 0 fully saturated rings. The van der Waals surface area contributed by atoms with Gasteiger partial charge in [0.25, 0.3) is 17.5 Å². The molecule has 40 heavy (non-hydrogen) atoms. The lowest BCUT2D eigenvalue weighted by molar-refractivity contribution is -0.384. The lowest BCUT2D eigenvalue weighted by Gasteiger charge is -2.34. The summed E-state index contributed by atoms with van der Waals surface area (Å²) in [5.74, 6) is -6.40. The van der Waals surface area contributed by atoms with Crippen molar-refractivity contribution in [3.8, 4) is 0 Å². The van der Waals surface area contributed by atoms with Gasteiger partial charge in [-0.1, -0.05) is 56.7 Å². The van der Waals surface area contributed by atoms with Crippen molar-refractivity contribution in [1.29, 1.82) is 0 Å². The second-order valence-electron chi connectivity index (χ2n) is 9.98. The number of nitrogens with zero attached hydrogens (tertiary/aromatic N) is 2. The van der Waals surface area contributed by atoms with Gasteiger partial charge in [0.2, 0.25) is 5.91 Å². The number of aliphatic carboxylic acids is 1. The molecule has 1 aliphatic rings. The quantitative estimate of drug-likeness (QED) is 0.185. The molecule has 0 aromatic heterocycles. The van der Waals surface area contributed by atoms with Gasteiger partial charge < -0.3 is 16.2 Å². The average molecular weight is 547 g/mol. The lowest BCUT2D eigenvalue weighted by Crippen LogP contribution is -2.54. The molecule has 1 aliphatic heterocycles. The molecule has 0 spiro atoms. The summed E-state index contributed by atoms with van der Waals surface area (Å²) < 4.78 is 0. The Balaban J connectivity index is 1.56. The van der Waals surface area contributed by atoms with E-state index in [2.05, 4.69) is 5.32 Å². The minimum Gasteiger partial charge on any atom is -0.481 e. The van der Waals surface area contributed by atoms with Crippen LogP contribution in [0.25, 0.3) is 10.8 Å². The molecule has 4 rings (SSSR count). The number of hydrogen-bond donors (Lipinski definition) is 3. The number of nitrogens with one attached hydrogen (secondary N) is 1. The molecule has 0 saturated heterocycles. The summed E-state index contributed by atoms with van der Waals surface area (Å²) >= 11 is 0. The number of nitrogens with two attached hydrogens (primary N) is 1. The highest BCUT2D eigenvalue weighted by molar-refractivity contribution is 6.23. The number of nitro groups is 1. The Hall–Kier alpha value is -4.64. The van der Waals surface area contributed by atoms with E-state index in [0.717, 1.165) is 15.7 Å². The molecule has 4 atom stereocenters. The summed E-state index contributed by atoms with van der Waals surface area (Å²) in [5.41, 5.74) is 7.15. The summed E-state index contributed by atoms with van der Waals surface area (Å²) in [7, 11) is 0. The molecule has 0 bridgehead atoms. The molecule has 0 radical (unpaired) electrons. The smallest absolute Gasteiger partial charge is 0.307 e. The van der Waals surface area contributed by atoms with Gasteiger partial charge in [0.15, 0.2) is 0 Å². The number of imide groups is 1. The highest BCUT2D eigenvalue weighted by Gasteiger charge is 2.46. The minimum atomic E-state index is -1.32. The van der Waals surface area contributed by atoms with Crippen molar-refractivity contribution in [1.82, 2.24) is 10.2 Å². The van der Waals surface area contributed by atoms with Crippen LogP contribution in [-0.2, 0) is 16.1 Å². The van der Waals surface area contributed by atoms with E-state index in [9.17, 15) is 34.4 Å². The van der Waals surface area contributed by atoms with Gasteiger partial charge in [0.05, 0.1) is 34.1 Å². The van der Waals surface area contributed by atoms with Crippen molar-refractivity contribution >= 4 is 40.2 Å². The topological polar surface area (TPSA) is 173 Å². The van der Waals surface area contributed by atoms with Gasteiger partial charge in [-0.2, -0.15) is 0 Å². The third kappa shape index (κ3) is 5.41. The van der Waals surface area contributed by atoms with Crippen LogP contribution in [0.2, 0.25) is 0 Å². The van der Waals surface area contributed by atoms with Crippen molar-refractivity contribution in [3.63, 3.8) is 0 Å². The van der Waals surface area contributed by atoms with Crippen LogP contribution in [0.15, 0.2) is 60.7 Å². The van der Waals surface area contributed by atoms with E-state index in [1.54, 1.807) is 25.1 Å². The number of hydrogen-bond acceptors (Lipinski definition) is 7. The monoisotopic (exact) mass is 546 g/mol. The molecule has 2 unspecified atom stereocenters. The molecule has 3 amide bonds. The average Bonchev–Trinajstić information content (AvgIpc) is 3.18. The summed E-state index contributed by atoms with van der Waals surface area (Å²) in [6.07, 6.45) is -0.608. The van der Waals surface area contributed by atoms with Crippen LogP contribution < -0.4 is 11.1 Å². The number of non-ortho nitro benzene ring substituents is 1. The molecule has 3 aromatic rings. The zero-order valence-corrected chi connectivity index (χ0v) is 22.1. The first kappa shape index (κ1) is 28.4. The molecule has 11 nitrogen and oxygen atoms in total. The predicted molar refractivity (Wildman–Crippen MR) is 146 cm³/mol. The van der Waals surface area contributed by atoms with E-state index in [0.29, 0.717) is 12.0 Å². The molecule has 11 heteroatoms. The van der Waals surface area contributed by atoms with E-state index in [1.807, 2.05) is 24.3 Å². The Bertz CT molecular complexity index is 1450. The fourth-order valence-electron chi connectivity index (χ4n) is 5.31. The van der Waals surface area contributed by atoms with Gasteiger partial charge in [0, 0.05) is 24.6 Å². The van der Waals surface area contributed by atoms with Crippen LogP contribution in [0, 0.1) is 27.9 Å². The normalized spacial score (nSPS) is 15.8. The van der Waals surface area contributed by atoms with Crippen molar-refractivity contribution in [2.75, 3.05) is 0 Å². The molecule has 208 valence electrons. The standard InChI is InChI=1S/C29H30N4O7/c1-3-7-21(26(34)31-15-17-8-6-11-20(12-17)33(39)40)24(29(37)38)16(2)25(30)32-27(35)22-13-18-9-4-5-10-19(18)14-23(22)28(32)36/h4-6,8-14,16,21,24-25H,3,7,15,30H2,1-2H3,(H,31,34)(H,37,38)/t16?,21-,24+,25?/m0/s1. The van der Waals surface area contributed by atoms with Crippen LogP contribution in [0.4, 0.5) is 5.69 Å². The van der Waals surface area contributed by atoms with Crippen molar-refractivity contribution in [2.45, 2.75) is 39.4 Å². The number of nitro benzene ring substituents is 1. The first-order valence-corrected chi connectivity index (χ1v) is 12.9. The number of fused-ring (bicyclic) bond motifs is 2. The number of amides is 3. The summed E-state index contributed by atoms with van der Waals surface area (Å²) in [5, 5.41) is 25.5. The van der Waals surface area contributed by atoms with Gasteiger partial charge in [-0.3, -0.25) is 34.2 Å². The number of carboxylic acids is 1. The predicted octanol–water partition coefficient (Wildman–Crippen LogP) is 3.70. The maximum Gasteiger partial charge on any atom is 0.307 e. The number of carboxylic acid groups (broad SMARTS) is 1. The number of carbonyl (C=O) groups excluding carboxylic acids is 3. The number of rotatable bonds is 11. The molecular weight excluding hydrogens is 516 g/mol. The largest absolute Gasteiger partial charge is 0.481 e. The molecule has 4 N–H and O–H groups in total. The molecule has 3 aromatic carbocycles. The van der Waals surface area contributed by atoms with Crippen molar-refractivity contribution < 1.29 is 29.2 Å². The van der Waals surface area contributed by atoms with Gasteiger partial charge >= 0.3 is 5.97 Å². The maximum atomic E-state index is 13.3. The van der Waals surface area contributed by atoms with Gasteiger partial charge in [0.1, 0.15) is 0 Å².